The van der Waals surface area contributed by atoms with E-state index < -0.39 is 17.8 Å². The van der Waals surface area contributed by atoms with Crippen LogP contribution in [0.3, 0.4) is 0 Å². The highest BCUT2D eigenvalue weighted by Crippen LogP contribution is 2.34. The highest BCUT2D eigenvalue weighted by molar-refractivity contribution is 7.10. The monoisotopic (exact) mass is 327 g/mol. The Morgan fingerprint density at radius 3 is 2.42 bits per heavy atom. The number of rotatable bonds is 2. The highest BCUT2D eigenvalue weighted by Gasteiger charge is 2.31. The van der Waals surface area contributed by atoms with Crippen molar-refractivity contribution in [2.45, 2.75) is 12.2 Å². The Morgan fingerprint density at radius 2 is 1.89 bits per heavy atom. The standard InChI is InChI=1S/C12H9ClF3NS.ClH/c13-9-5-7(4-8(6-9)12(14,15)16)11(17)10-2-1-3-18-10;/h1-6,11H,17H2;1H/t11-;/m1./s1. The molecule has 1 aromatic heterocycles. The van der Waals surface area contributed by atoms with Crippen molar-refractivity contribution in [1.82, 2.24) is 0 Å². The third-order valence-electron chi connectivity index (χ3n) is 2.46. The molecule has 2 rings (SSSR count). The van der Waals surface area contributed by atoms with Crippen molar-refractivity contribution in [3.63, 3.8) is 0 Å². The van der Waals surface area contributed by atoms with E-state index >= 15 is 0 Å². The van der Waals surface area contributed by atoms with Gasteiger partial charge in [-0.15, -0.1) is 23.7 Å². The molecule has 0 aliphatic rings. The van der Waals surface area contributed by atoms with Crippen molar-refractivity contribution in [2.24, 2.45) is 5.73 Å². The molecule has 1 atom stereocenters. The summed E-state index contributed by atoms with van der Waals surface area (Å²) in [6.07, 6.45) is -4.42. The lowest BCUT2D eigenvalue weighted by Crippen LogP contribution is -2.12. The minimum atomic E-state index is -4.42. The van der Waals surface area contributed by atoms with E-state index in [0.29, 0.717) is 5.56 Å². The quantitative estimate of drug-likeness (QED) is 0.834. The van der Waals surface area contributed by atoms with Crippen LogP contribution >= 0.6 is 35.3 Å². The fraction of sp³-hybridized carbons (Fsp3) is 0.167. The van der Waals surface area contributed by atoms with E-state index in [1.165, 1.54) is 17.4 Å². The van der Waals surface area contributed by atoms with Crippen LogP contribution in [0.2, 0.25) is 5.02 Å². The highest BCUT2D eigenvalue weighted by atomic mass is 35.5. The molecule has 104 valence electrons. The van der Waals surface area contributed by atoms with Gasteiger partial charge in [0.15, 0.2) is 0 Å². The molecule has 1 nitrogen and oxygen atoms in total. The van der Waals surface area contributed by atoms with Crippen LogP contribution in [0.1, 0.15) is 22.0 Å². The average Bonchev–Trinajstić information content (AvgIpc) is 2.79. The van der Waals surface area contributed by atoms with Crippen molar-refractivity contribution in [3.8, 4) is 0 Å². The van der Waals surface area contributed by atoms with E-state index in [2.05, 4.69) is 0 Å². The van der Waals surface area contributed by atoms with Crippen molar-refractivity contribution in [3.05, 3.63) is 56.7 Å². The molecule has 2 N–H and O–H groups in total. The smallest absolute Gasteiger partial charge is 0.320 e. The Labute approximate surface area is 123 Å². The van der Waals surface area contributed by atoms with Gasteiger partial charge in [0.1, 0.15) is 0 Å². The van der Waals surface area contributed by atoms with Crippen molar-refractivity contribution >= 4 is 35.3 Å². The van der Waals surface area contributed by atoms with Gasteiger partial charge < -0.3 is 5.73 Å². The number of benzene rings is 1. The first-order valence-corrected chi connectivity index (χ1v) is 6.30. The van der Waals surface area contributed by atoms with E-state index in [1.54, 1.807) is 12.1 Å². The molecule has 0 fully saturated rings. The predicted molar refractivity (Wildman–Crippen MR) is 74.1 cm³/mol. The Hall–Kier alpha value is -0.750. The van der Waals surface area contributed by atoms with E-state index in [1.807, 2.05) is 5.38 Å². The zero-order valence-corrected chi connectivity index (χ0v) is 11.8. The lowest BCUT2D eigenvalue weighted by atomic mass is 10.0. The van der Waals surface area contributed by atoms with E-state index in [4.69, 9.17) is 17.3 Å². The SMILES string of the molecule is Cl.N[C@H](c1cc(Cl)cc(C(F)(F)F)c1)c1cccs1. The minimum Gasteiger partial charge on any atom is -0.320 e. The fourth-order valence-corrected chi connectivity index (χ4v) is 2.59. The maximum Gasteiger partial charge on any atom is 0.416 e. The van der Waals surface area contributed by atoms with Crippen LogP contribution in [-0.4, -0.2) is 0 Å². The summed E-state index contributed by atoms with van der Waals surface area (Å²) in [5, 5.41) is 1.86. The van der Waals surface area contributed by atoms with Crippen molar-refractivity contribution in [2.75, 3.05) is 0 Å². The fourth-order valence-electron chi connectivity index (χ4n) is 1.59. The lowest BCUT2D eigenvalue weighted by Gasteiger charge is -2.14. The number of alkyl halides is 3. The first-order valence-electron chi connectivity index (χ1n) is 5.04. The van der Waals surface area contributed by atoms with Crippen LogP contribution < -0.4 is 5.73 Å². The Morgan fingerprint density at radius 1 is 1.21 bits per heavy atom. The second-order valence-corrected chi connectivity index (χ2v) is 5.18. The van der Waals surface area contributed by atoms with Crippen LogP contribution in [0.25, 0.3) is 0 Å². The van der Waals surface area contributed by atoms with Gasteiger partial charge in [0.05, 0.1) is 11.6 Å². The molecular formula is C12H10Cl2F3NS. The van der Waals surface area contributed by atoms with Gasteiger partial charge in [-0.2, -0.15) is 13.2 Å². The number of halogens is 5. The molecule has 7 heteroatoms. The third-order valence-corrected chi connectivity index (χ3v) is 3.63. The van der Waals surface area contributed by atoms with Gasteiger partial charge in [0.25, 0.3) is 0 Å². The molecule has 0 spiro atoms. The minimum absolute atomic E-state index is 0. The molecule has 2 aromatic rings. The van der Waals surface area contributed by atoms with Crippen molar-refractivity contribution < 1.29 is 13.2 Å². The normalized spacial score (nSPS) is 12.9. The molecule has 1 heterocycles. The average molecular weight is 328 g/mol. The molecule has 0 radical (unpaired) electrons. The summed E-state index contributed by atoms with van der Waals surface area (Å²) in [4.78, 5) is 0.797. The lowest BCUT2D eigenvalue weighted by molar-refractivity contribution is -0.137. The molecule has 0 amide bonds. The number of hydrogen-bond donors (Lipinski definition) is 1. The summed E-state index contributed by atoms with van der Waals surface area (Å²) in [6, 6.07) is 6.38. The predicted octanol–water partition coefficient (Wildman–Crippen LogP) is 4.89. The zero-order chi connectivity index (χ0) is 13.3. The topological polar surface area (TPSA) is 26.0 Å². The Bertz CT molecular complexity index is 540. The van der Waals surface area contributed by atoms with Crippen LogP contribution in [0.4, 0.5) is 13.2 Å². The zero-order valence-electron chi connectivity index (χ0n) is 9.45. The molecular weight excluding hydrogens is 318 g/mol. The van der Waals surface area contributed by atoms with Gasteiger partial charge >= 0.3 is 6.18 Å². The van der Waals surface area contributed by atoms with Gasteiger partial charge in [-0.25, -0.2) is 0 Å². The van der Waals surface area contributed by atoms with E-state index in [9.17, 15) is 13.2 Å². The van der Waals surface area contributed by atoms with Gasteiger partial charge in [0.2, 0.25) is 0 Å². The molecule has 0 saturated heterocycles. The molecule has 0 unspecified atom stereocenters. The molecule has 0 aliphatic heterocycles. The summed E-state index contributed by atoms with van der Waals surface area (Å²) in [5.41, 5.74) is 5.50. The molecule has 0 saturated carbocycles. The second-order valence-electron chi connectivity index (χ2n) is 3.76. The largest absolute Gasteiger partial charge is 0.416 e. The maximum absolute atomic E-state index is 12.7. The van der Waals surface area contributed by atoms with Crippen LogP contribution in [-0.2, 0) is 6.18 Å². The summed E-state index contributed by atoms with van der Waals surface area (Å²) >= 11 is 7.11. The van der Waals surface area contributed by atoms with Gasteiger partial charge in [-0.1, -0.05) is 17.7 Å². The number of nitrogens with two attached hydrogens (primary N) is 1. The molecule has 19 heavy (non-hydrogen) atoms. The second kappa shape index (κ2) is 6.13. The first-order chi connectivity index (χ1) is 8.38. The van der Waals surface area contributed by atoms with Gasteiger partial charge in [-0.05, 0) is 35.2 Å². The van der Waals surface area contributed by atoms with Crippen LogP contribution in [0.15, 0.2) is 35.7 Å². The summed E-state index contributed by atoms with van der Waals surface area (Å²) in [7, 11) is 0. The molecule has 0 bridgehead atoms. The Kier molecular flexibility index (Phi) is 5.26. The summed E-state index contributed by atoms with van der Waals surface area (Å²) < 4.78 is 38.0. The van der Waals surface area contributed by atoms with Crippen molar-refractivity contribution in [1.29, 1.82) is 0 Å². The molecule has 1 aromatic carbocycles. The van der Waals surface area contributed by atoms with E-state index in [-0.39, 0.29) is 17.4 Å². The van der Waals surface area contributed by atoms with Crippen LogP contribution in [0, 0.1) is 0 Å². The third kappa shape index (κ3) is 3.86. The number of thiophene rings is 1. The Balaban J connectivity index is 0.00000180. The summed E-state index contributed by atoms with van der Waals surface area (Å²) in [6.45, 7) is 0. The summed E-state index contributed by atoms with van der Waals surface area (Å²) in [5.74, 6) is 0. The first kappa shape index (κ1) is 16.3. The van der Waals surface area contributed by atoms with Crippen LogP contribution in [0.5, 0.6) is 0 Å². The van der Waals surface area contributed by atoms with Gasteiger partial charge in [-0.3, -0.25) is 0 Å². The molecule has 0 aliphatic carbocycles. The van der Waals surface area contributed by atoms with E-state index in [0.717, 1.165) is 17.0 Å². The van der Waals surface area contributed by atoms with Gasteiger partial charge in [0, 0.05) is 9.90 Å². The number of hydrogen-bond acceptors (Lipinski definition) is 2. The maximum atomic E-state index is 12.7.